The predicted octanol–water partition coefficient (Wildman–Crippen LogP) is 1.75. The fraction of sp³-hybridized carbons (Fsp3) is 0.600. The standard InChI is InChI=1S/C15H23NO3/c1-4-16-12(9-17)10-18-13-7-5-6-11-8-15(2,3)19-14(11)13/h5-7,12,16-17H,4,8-10H2,1-3H3. The first kappa shape index (κ1) is 14.2. The molecule has 0 fully saturated rings. The van der Waals surface area contributed by atoms with E-state index in [4.69, 9.17) is 9.47 Å². The molecular formula is C15H23NO3. The van der Waals surface area contributed by atoms with Crippen LogP contribution >= 0.6 is 0 Å². The van der Waals surface area contributed by atoms with Gasteiger partial charge in [0.05, 0.1) is 12.6 Å². The van der Waals surface area contributed by atoms with E-state index in [1.807, 2.05) is 19.1 Å². The molecule has 1 atom stereocenters. The minimum absolute atomic E-state index is 0.0460. The number of aliphatic hydroxyl groups is 1. The van der Waals surface area contributed by atoms with Crippen LogP contribution in [0, 0.1) is 0 Å². The van der Waals surface area contributed by atoms with Crippen LogP contribution in [0.4, 0.5) is 0 Å². The monoisotopic (exact) mass is 265 g/mol. The summed E-state index contributed by atoms with van der Waals surface area (Å²) in [7, 11) is 0. The summed E-state index contributed by atoms with van der Waals surface area (Å²) in [5.74, 6) is 1.61. The average molecular weight is 265 g/mol. The van der Waals surface area contributed by atoms with E-state index in [0.717, 1.165) is 24.5 Å². The molecule has 19 heavy (non-hydrogen) atoms. The van der Waals surface area contributed by atoms with Gasteiger partial charge in [0.15, 0.2) is 11.5 Å². The zero-order chi connectivity index (χ0) is 13.9. The molecule has 0 saturated heterocycles. The van der Waals surface area contributed by atoms with Crippen LogP contribution in [0.25, 0.3) is 0 Å². The molecule has 2 N–H and O–H groups in total. The van der Waals surface area contributed by atoms with E-state index in [1.54, 1.807) is 0 Å². The van der Waals surface area contributed by atoms with Crippen molar-refractivity contribution >= 4 is 0 Å². The van der Waals surface area contributed by atoms with Gasteiger partial charge in [0.25, 0.3) is 0 Å². The molecule has 1 unspecified atom stereocenters. The van der Waals surface area contributed by atoms with Gasteiger partial charge < -0.3 is 19.9 Å². The zero-order valence-corrected chi connectivity index (χ0v) is 11.9. The molecule has 0 aromatic heterocycles. The van der Waals surface area contributed by atoms with Gasteiger partial charge in [0.1, 0.15) is 12.2 Å². The van der Waals surface area contributed by atoms with Gasteiger partial charge in [0, 0.05) is 12.0 Å². The van der Waals surface area contributed by atoms with Crippen LogP contribution < -0.4 is 14.8 Å². The SMILES string of the molecule is CCNC(CO)COc1cccc2c1OC(C)(C)C2. The maximum atomic E-state index is 9.24. The number of likely N-dealkylation sites (N-methyl/N-ethyl adjacent to an activating group) is 1. The first-order valence-electron chi connectivity index (χ1n) is 6.83. The molecule has 0 aliphatic carbocycles. The lowest BCUT2D eigenvalue weighted by atomic mass is 10.0. The van der Waals surface area contributed by atoms with Gasteiger partial charge in [0.2, 0.25) is 0 Å². The summed E-state index contributed by atoms with van der Waals surface area (Å²) in [6, 6.07) is 5.93. The molecule has 1 heterocycles. The molecule has 4 nitrogen and oxygen atoms in total. The molecule has 1 aliphatic rings. The summed E-state index contributed by atoms with van der Waals surface area (Å²) >= 11 is 0. The van der Waals surface area contributed by atoms with E-state index in [1.165, 1.54) is 5.56 Å². The highest BCUT2D eigenvalue weighted by Crippen LogP contribution is 2.41. The van der Waals surface area contributed by atoms with Gasteiger partial charge >= 0.3 is 0 Å². The van der Waals surface area contributed by atoms with Crippen LogP contribution in [0.3, 0.4) is 0 Å². The summed E-state index contributed by atoms with van der Waals surface area (Å²) < 4.78 is 11.7. The first-order valence-corrected chi connectivity index (χ1v) is 6.83. The van der Waals surface area contributed by atoms with Crippen LogP contribution in [-0.2, 0) is 6.42 Å². The fourth-order valence-electron chi connectivity index (χ4n) is 2.36. The molecular weight excluding hydrogens is 242 g/mol. The largest absolute Gasteiger partial charge is 0.488 e. The van der Waals surface area contributed by atoms with E-state index in [-0.39, 0.29) is 18.2 Å². The van der Waals surface area contributed by atoms with E-state index < -0.39 is 0 Å². The second-order valence-electron chi connectivity index (χ2n) is 5.53. The summed E-state index contributed by atoms with van der Waals surface area (Å²) in [5.41, 5.74) is 1.02. The average Bonchev–Trinajstić information content (AvgIpc) is 2.68. The minimum atomic E-state index is -0.167. The molecule has 1 aromatic rings. The van der Waals surface area contributed by atoms with Crippen molar-refractivity contribution in [2.45, 2.75) is 38.8 Å². The van der Waals surface area contributed by atoms with Crippen LogP contribution in [0.2, 0.25) is 0 Å². The van der Waals surface area contributed by atoms with Gasteiger partial charge in [-0.05, 0) is 26.5 Å². The van der Waals surface area contributed by atoms with Crippen molar-refractivity contribution in [3.8, 4) is 11.5 Å². The third-order valence-electron chi connectivity index (χ3n) is 3.21. The fourth-order valence-corrected chi connectivity index (χ4v) is 2.36. The van der Waals surface area contributed by atoms with Gasteiger partial charge in [-0.3, -0.25) is 0 Å². The number of fused-ring (bicyclic) bond motifs is 1. The number of benzene rings is 1. The number of ether oxygens (including phenoxy) is 2. The number of aliphatic hydroxyl groups excluding tert-OH is 1. The van der Waals surface area contributed by atoms with Crippen LogP contribution in [0.5, 0.6) is 11.5 Å². The normalized spacial score (nSPS) is 17.7. The highest BCUT2D eigenvalue weighted by atomic mass is 16.5. The predicted molar refractivity (Wildman–Crippen MR) is 74.9 cm³/mol. The third kappa shape index (κ3) is 3.39. The van der Waals surface area contributed by atoms with Crippen molar-refractivity contribution < 1.29 is 14.6 Å². The Morgan fingerprint density at radius 3 is 2.95 bits per heavy atom. The van der Waals surface area contributed by atoms with Crippen LogP contribution in [0.1, 0.15) is 26.3 Å². The summed E-state index contributed by atoms with van der Waals surface area (Å²) in [4.78, 5) is 0. The zero-order valence-electron chi connectivity index (χ0n) is 11.9. The molecule has 1 aliphatic heterocycles. The molecule has 4 heteroatoms. The van der Waals surface area contributed by atoms with Crippen molar-refractivity contribution in [2.75, 3.05) is 19.8 Å². The van der Waals surface area contributed by atoms with E-state index >= 15 is 0 Å². The minimum Gasteiger partial charge on any atom is -0.488 e. The molecule has 0 bridgehead atoms. The Bertz CT molecular complexity index is 431. The Morgan fingerprint density at radius 2 is 2.26 bits per heavy atom. The molecule has 106 valence electrons. The second kappa shape index (κ2) is 5.80. The quantitative estimate of drug-likeness (QED) is 0.823. The lowest BCUT2D eigenvalue weighted by molar-refractivity contribution is 0.128. The number of hydrogen-bond acceptors (Lipinski definition) is 4. The Labute approximate surface area is 114 Å². The van der Waals surface area contributed by atoms with E-state index in [0.29, 0.717) is 6.61 Å². The molecule has 2 rings (SSSR count). The summed E-state index contributed by atoms with van der Waals surface area (Å²) in [6.45, 7) is 7.47. The molecule has 0 saturated carbocycles. The number of para-hydroxylation sites is 1. The maximum Gasteiger partial charge on any atom is 0.165 e. The number of nitrogens with one attached hydrogen (secondary N) is 1. The summed E-state index contributed by atoms with van der Waals surface area (Å²) in [5, 5.41) is 12.4. The Kier molecular flexibility index (Phi) is 4.32. The molecule has 0 amide bonds. The van der Waals surface area contributed by atoms with Gasteiger partial charge in [-0.25, -0.2) is 0 Å². The lowest BCUT2D eigenvalue weighted by Gasteiger charge is -2.20. The Morgan fingerprint density at radius 1 is 1.47 bits per heavy atom. The Balaban J connectivity index is 2.05. The van der Waals surface area contributed by atoms with Crippen molar-refractivity contribution in [2.24, 2.45) is 0 Å². The van der Waals surface area contributed by atoms with Gasteiger partial charge in [-0.15, -0.1) is 0 Å². The van der Waals surface area contributed by atoms with Gasteiger partial charge in [-0.2, -0.15) is 0 Å². The third-order valence-corrected chi connectivity index (χ3v) is 3.21. The van der Waals surface area contributed by atoms with Crippen molar-refractivity contribution in [3.63, 3.8) is 0 Å². The smallest absolute Gasteiger partial charge is 0.165 e. The molecule has 1 aromatic carbocycles. The number of rotatable bonds is 6. The lowest BCUT2D eigenvalue weighted by Crippen LogP contribution is -2.37. The second-order valence-corrected chi connectivity index (χ2v) is 5.53. The van der Waals surface area contributed by atoms with E-state index in [9.17, 15) is 5.11 Å². The van der Waals surface area contributed by atoms with E-state index in [2.05, 4.69) is 25.2 Å². The highest BCUT2D eigenvalue weighted by Gasteiger charge is 2.32. The van der Waals surface area contributed by atoms with Crippen LogP contribution in [0.15, 0.2) is 18.2 Å². The topological polar surface area (TPSA) is 50.7 Å². The van der Waals surface area contributed by atoms with Crippen molar-refractivity contribution in [1.29, 1.82) is 0 Å². The first-order chi connectivity index (χ1) is 9.05. The maximum absolute atomic E-state index is 9.24. The van der Waals surface area contributed by atoms with Crippen molar-refractivity contribution in [1.82, 2.24) is 5.32 Å². The Hall–Kier alpha value is -1.26. The summed E-state index contributed by atoms with van der Waals surface area (Å²) in [6.07, 6.45) is 0.899. The molecule has 0 radical (unpaired) electrons. The van der Waals surface area contributed by atoms with Crippen molar-refractivity contribution in [3.05, 3.63) is 23.8 Å². The number of hydrogen-bond donors (Lipinski definition) is 2. The molecule has 0 spiro atoms. The van der Waals surface area contributed by atoms with Crippen LogP contribution in [-0.4, -0.2) is 36.5 Å². The highest BCUT2D eigenvalue weighted by molar-refractivity contribution is 5.50. The van der Waals surface area contributed by atoms with Gasteiger partial charge in [-0.1, -0.05) is 19.1 Å².